The smallest absolute Gasteiger partial charge is 0.270 e. The molecule has 2 aromatic heterocycles. The summed E-state index contributed by atoms with van der Waals surface area (Å²) in [6.45, 7) is 7.77. The zero-order valence-corrected chi connectivity index (χ0v) is 21.3. The standard InChI is InChI=1S/C26H23F3N4O2.C2H6.H2/c1-16-23(25(34)31-20-6-4-5-19(13-20)26(3,28)29)15-33(32-16)21-7-8-24(35-17(2)27)22(14-21)18-9-11-30-12-10-18;1-2;/h4-15,17H,1-3H3,(H,31,34);1-2H3;1H. The Hall–Kier alpha value is -4.14. The number of alkyl halides is 3. The van der Waals surface area contributed by atoms with Gasteiger partial charge in [0.15, 0.2) is 0 Å². The molecular formula is C28H31F3N4O2. The molecular weight excluding hydrogens is 481 g/mol. The van der Waals surface area contributed by atoms with E-state index in [9.17, 15) is 18.0 Å². The molecule has 0 saturated carbocycles. The van der Waals surface area contributed by atoms with Gasteiger partial charge in [-0.05, 0) is 55.0 Å². The Morgan fingerprint density at radius 3 is 2.46 bits per heavy atom. The second kappa shape index (κ2) is 11.7. The van der Waals surface area contributed by atoms with Gasteiger partial charge in [0.1, 0.15) is 5.75 Å². The van der Waals surface area contributed by atoms with Crippen molar-refractivity contribution in [1.29, 1.82) is 0 Å². The van der Waals surface area contributed by atoms with Gasteiger partial charge in [-0.1, -0.05) is 26.0 Å². The summed E-state index contributed by atoms with van der Waals surface area (Å²) in [6.07, 6.45) is 3.28. The van der Waals surface area contributed by atoms with Gasteiger partial charge < -0.3 is 10.1 Å². The van der Waals surface area contributed by atoms with Gasteiger partial charge in [0.05, 0.1) is 16.9 Å². The molecule has 196 valence electrons. The molecule has 9 heteroatoms. The summed E-state index contributed by atoms with van der Waals surface area (Å²) in [5.41, 5.74) is 2.80. The van der Waals surface area contributed by atoms with Crippen molar-refractivity contribution in [2.75, 3.05) is 5.32 Å². The maximum Gasteiger partial charge on any atom is 0.270 e. The van der Waals surface area contributed by atoms with Gasteiger partial charge in [-0.3, -0.25) is 9.78 Å². The highest BCUT2D eigenvalue weighted by Gasteiger charge is 2.24. The van der Waals surface area contributed by atoms with E-state index in [0.717, 1.165) is 12.5 Å². The van der Waals surface area contributed by atoms with E-state index in [2.05, 4.69) is 15.4 Å². The van der Waals surface area contributed by atoms with E-state index in [-0.39, 0.29) is 18.2 Å². The molecule has 1 atom stereocenters. The van der Waals surface area contributed by atoms with Gasteiger partial charge in [0.25, 0.3) is 11.8 Å². The van der Waals surface area contributed by atoms with Crippen LogP contribution in [0.15, 0.2) is 73.2 Å². The maximum absolute atomic E-state index is 13.6. The number of aromatic nitrogens is 3. The molecule has 0 saturated heterocycles. The highest BCUT2D eigenvalue weighted by molar-refractivity contribution is 6.05. The molecule has 37 heavy (non-hydrogen) atoms. The molecule has 0 fully saturated rings. The molecule has 1 amide bonds. The number of nitrogens with zero attached hydrogens (tertiary/aromatic N) is 3. The predicted molar refractivity (Wildman–Crippen MR) is 140 cm³/mol. The predicted octanol–water partition coefficient (Wildman–Crippen LogP) is 7.57. The molecule has 2 heterocycles. The Labute approximate surface area is 215 Å². The highest BCUT2D eigenvalue weighted by atomic mass is 19.3. The Morgan fingerprint density at radius 1 is 1.11 bits per heavy atom. The monoisotopic (exact) mass is 512 g/mol. The van der Waals surface area contributed by atoms with Gasteiger partial charge >= 0.3 is 0 Å². The zero-order chi connectivity index (χ0) is 27.2. The number of halogens is 3. The van der Waals surface area contributed by atoms with E-state index in [1.807, 2.05) is 13.8 Å². The van der Waals surface area contributed by atoms with Crippen molar-refractivity contribution in [2.24, 2.45) is 0 Å². The Kier molecular flexibility index (Phi) is 8.70. The second-order valence-electron chi connectivity index (χ2n) is 8.07. The van der Waals surface area contributed by atoms with Gasteiger partial charge in [-0.15, -0.1) is 0 Å². The number of benzene rings is 2. The number of ether oxygens (including phenoxy) is 1. The van der Waals surface area contributed by atoms with E-state index in [1.165, 1.54) is 29.8 Å². The fraction of sp³-hybridized carbons (Fsp3) is 0.250. The van der Waals surface area contributed by atoms with Crippen LogP contribution in [-0.4, -0.2) is 27.0 Å². The molecule has 1 unspecified atom stereocenters. The number of pyridine rings is 1. The van der Waals surface area contributed by atoms with Crippen LogP contribution in [0.4, 0.5) is 18.9 Å². The van der Waals surface area contributed by atoms with Crippen LogP contribution in [0.5, 0.6) is 5.75 Å². The van der Waals surface area contributed by atoms with Crippen LogP contribution in [0.2, 0.25) is 0 Å². The summed E-state index contributed by atoms with van der Waals surface area (Å²) in [5, 5.41) is 7.08. The van der Waals surface area contributed by atoms with Crippen molar-refractivity contribution in [3.63, 3.8) is 0 Å². The molecule has 0 radical (unpaired) electrons. The number of rotatable bonds is 7. The normalized spacial score (nSPS) is 11.8. The van der Waals surface area contributed by atoms with Gasteiger partial charge in [-0.2, -0.15) is 5.10 Å². The average Bonchev–Trinajstić information content (AvgIpc) is 3.27. The molecule has 0 aliphatic heterocycles. The van der Waals surface area contributed by atoms with Crippen LogP contribution >= 0.6 is 0 Å². The number of amides is 1. The summed E-state index contributed by atoms with van der Waals surface area (Å²) in [4.78, 5) is 16.9. The summed E-state index contributed by atoms with van der Waals surface area (Å²) in [5.74, 6) is -3.15. The summed E-state index contributed by atoms with van der Waals surface area (Å²) in [6, 6.07) is 14.2. The van der Waals surface area contributed by atoms with Crippen molar-refractivity contribution in [3.05, 3.63) is 90.0 Å². The zero-order valence-electron chi connectivity index (χ0n) is 21.3. The molecule has 1 N–H and O–H groups in total. The number of hydrogen-bond donors (Lipinski definition) is 1. The summed E-state index contributed by atoms with van der Waals surface area (Å²) < 4.78 is 47.7. The van der Waals surface area contributed by atoms with E-state index < -0.39 is 18.2 Å². The van der Waals surface area contributed by atoms with Crippen molar-refractivity contribution in [3.8, 4) is 22.6 Å². The van der Waals surface area contributed by atoms with Crippen LogP contribution in [0.3, 0.4) is 0 Å². The number of anilines is 1. The Balaban J connectivity index is 0.00000165. The number of aryl methyl sites for hydroxylation is 1. The van der Waals surface area contributed by atoms with Crippen LogP contribution < -0.4 is 10.1 Å². The van der Waals surface area contributed by atoms with E-state index >= 15 is 0 Å². The number of nitrogens with one attached hydrogen (secondary N) is 1. The third-order valence-corrected chi connectivity index (χ3v) is 5.28. The van der Waals surface area contributed by atoms with Gasteiger partial charge in [0, 0.05) is 50.7 Å². The number of carbonyl (C=O) groups is 1. The lowest BCUT2D eigenvalue weighted by atomic mass is 10.1. The molecule has 4 rings (SSSR count). The van der Waals surface area contributed by atoms with E-state index in [1.54, 1.807) is 61.9 Å². The van der Waals surface area contributed by atoms with Crippen LogP contribution in [0.25, 0.3) is 16.8 Å². The lowest BCUT2D eigenvalue weighted by Gasteiger charge is -2.14. The first-order valence-corrected chi connectivity index (χ1v) is 11.8. The minimum Gasteiger partial charge on any atom is -0.460 e. The van der Waals surface area contributed by atoms with Crippen molar-refractivity contribution < 1.29 is 24.1 Å². The van der Waals surface area contributed by atoms with Crippen molar-refractivity contribution >= 4 is 11.6 Å². The molecule has 0 bridgehead atoms. The lowest BCUT2D eigenvalue weighted by Crippen LogP contribution is -2.14. The van der Waals surface area contributed by atoms with Gasteiger partial charge in [0.2, 0.25) is 6.36 Å². The first-order valence-electron chi connectivity index (χ1n) is 11.8. The lowest BCUT2D eigenvalue weighted by molar-refractivity contribution is 0.0175. The van der Waals surface area contributed by atoms with E-state index in [4.69, 9.17) is 4.74 Å². The number of carbonyl (C=O) groups excluding carboxylic acids is 1. The fourth-order valence-corrected chi connectivity index (χ4v) is 3.58. The van der Waals surface area contributed by atoms with Gasteiger partial charge in [-0.25, -0.2) is 17.9 Å². The second-order valence-corrected chi connectivity index (χ2v) is 8.07. The largest absolute Gasteiger partial charge is 0.460 e. The third-order valence-electron chi connectivity index (χ3n) is 5.28. The molecule has 4 aromatic rings. The molecule has 0 aliphatic carbocycles. The quantitative estimate of drug-likeness (QED) is 0.277. The molecule has 2 aromatic carbocycles. The van der Waals surface area contributed by atoms with Crippen molar-refractivity contribution in [1.82, 2.24) is 14.8 Å². The minimum atomic E-state index is -3.02. The third kappa shape index (κ3) is 6.75. The Bertz CT molecular complexity index is 1360. The fourth-order valence-electron chi connectivity index (χ4n) is 3.58. The highest BCUT2D eigenvalue weighted by Crippen LogP contribution is 2.33. The molecule has 6 nitrogen and oxygen atoms in total. The molecule has 0 aliphatic rings. The SMILES string of the molecule is CC.Cc1nn(-c2ccc(OC(C)F)c(-c3ccncc3)c2)cc1C(=O)Nc1cccc(C(C)(F)F)c1.[HH]. The van der Waals surface area contributed by atoms with E-state index in [0.29, 0.717) is 22.7 Å². The summed E-state index contributed by atoms with van der Waals surface area (Å²) >= 11 is 0. The maximum atomic E-state index is 13.6. The first-order chi connectivity index (χ1) is 17.6. The van der Waals surface area contributed by atoms with Crippen LogP contribution in [-0.2, 0) is 5.92 Å². The van der Waals surface area contributed by atoms with Crippen LogP contribution in [0.1, 0.15) is 50.7 Å². The average molecular weight is 513 g/mol. The summed E-state index contributed by atoms with van der Waals surface area (Å²) in [7, 11) is 0. The van der Waals surface area contributed by atoms with Crippen LogP contribution in [0, 0.1) is 6.92 Å². The Morgan fingerprint density at radius 2 is 1.81 bits per heavy atom. The topological polar surface area (TPSA) is 69.0 Å². The van der Waals surface area contributed by atoms with Crippen molar-refractivity contribution in [2.45, 2.75) is 46.9 Å². The molecule has 0 spiro atoms. The number of hydrogen-bond acceptors (Lipinski definition) is 4. The minimum absolute atomic E-state index is 0. The first kappa shape index (κ1) is 27.4.